The first-order chi connectivity index (χ1) is 13.4. The maximum absolute atomic E-state index is 11.8. The molecule has 1 aliphatic rings. The van der Waals surface area contributed by atoms with E-state index in [4.69, 9.17) is 15.6 Å². The lowest BCUT2D eigenvalue weighted by Crippen LogP contribution is -2.42. The van der Waals surface area contributed by atoms with Crippen molar-refractivity contribution in [3.8, 4) is 5.75 Å². The van der Waals surface area contributed by atoms with Gasteiger partial charge in [0.15, 0.2) is 6.61 Å². The number of rotatable bonds is 8. The largest absolute Gasteiger partial charge is 0.482 e. The minimum Gasteiger partial charge on any atom is -0.482 e. The zero-order chi connectivity index (χ0) is 20.3. The van der Waals surface area contributed by atoms with Crippen LogP contribution >= 0.6 is 0 Å². The van der Waals surface area contributed by atoms with Crippen LogP contribution in [-0.4, -0.2) is 40.8 Å². The molecule has 3 rings (SSSR count). The number of ether oxygens (including phenoxy) is 1. The number of aliphatic carboxylic acids is 1. The summed E-state index contributed by atoms with van der Waals surface area (Å²) in [4.78, 5) is 24.9. The van der Waals surface area contributed by atoms with Gasteiger partial charge in [0.05, 0.1) is 0 Å². The number of fused-ring (bicyclic) bond motifs is 1. The summed E-state index contributed by atoms with van der Waals surface area (Å²) in [6, 6.07) is 15.0. The predicted octanol–water partition coefficient (Wildman–Crippen LogP) is 1.88. The van der Waals surface area contributed by atoms with Crippen LogP contribution in [0.3, 0.4) is 0 Å². The number of anilines is 1. The molecular formula is C21H24N2O5. The number of hydrogen-bond donors (Lipinski definition) is 3. The van der Waals surface area contributed by atoms with Crippen molar-refractivity contribution in [1.29, 1.82) is 0 Å². The van der Waals surface area contributed by atoms with Crippen molar-refractivity contribution in [2.75, 3.05) is 11.5 Å². The van der Waals surface area contributed by atoms with Gasteiger partial charge in [-0.1, -0.05) is 43.3 Å². The number of carbonyl (C=O) groups is 2. The van der Waals surface area contributed by atoms with E-state index >= 15 is 0 Å². The minimum atomic E-state index is -1.40. The molecule has 7 heteroatoms. The summed E-state index contributed by atoms with van der Waals surface area (Å²) < 4.78 is 5.47. The maximum atomic E-state index is 11.8. The van der Waals surface area contributed by atoms with E-state index in [2.05, 4.69) is 4.90 Å². The smallest absolute Gasteiger partial charge is 0.341 e. The number of aliphatic hydroxyl groups is 1. The normalized spacial score (nSPS) is 19.1. The fraction of sp³-hybridized carbons (Fsp3) is 0.333. The summed E-state index contributed by atoms with van der Waals surface area (Å²) in [6.45, 7) is 2.05. The first kappa shape index (κ1) is 19.7. The maximum Gasteiger partial charge on any atom is 0.341 e. The van der Waals surface area contributed by atoms with E-state index in [0.29, 0.717) is 24.3 Å². The van der Waals surface area contributed by atoms with E-state index in [9.17, 15) is 14.7 Å². The van der Waals surface area contributed by atoms with Gasteiger partial charge in [-0.3, -0.25) is 4.79 Å². The van der Waals surface area contributed by atoms with Crippen LogP contribution in [0.1, 0.15) is 30.4 Å². The molecular weight excluding hydrogens is 360 g/mol. The number of carboxylic acid groups (broad SMARTS) is 1. The van der Waals surface area contributed by atoms with Gasteiger partial charge in [-0.2, -0.15) is 0 Å². The molecule has 0 spiro atoms. The number of aliphatic hydroxyl groups excluding tert-OH is 1. The van der Waals surface area contributed by atoms with Crippen LogP contribution < -0.4 is 15.4 Å². The zero-order valence-corrected chi connectivity index (χ0v) is 15.6. The van der Waals surface area contributed by atoms with Crippen LogP contribution in [-0.2, 0) is 16.1 Å². The van der Waals surface area contributed by atoms with E-state index in [1.165, 1.54) is 0 Å². The Hall–Kier alpha value is -3.06. The highest BCUT2D eigenvalue weighted by molar-refractivity contribution is 5.82. The number of amides is 1. The third-order valence-corrected chi connectivity index (χ3v) is 5.10. The Morgan fingerprint density at radius 2 is 1.89 bits per heavy atom. The van der Waals surface area contributed by atoms with E-state index in [0.717, 1.165) is 11.3 Å². The number of benzene rings is 2. The third kappa shape index (κ3) is 3.80. The summed E-state index contributed by atoms with van der Waals surface area (Å²) >= 11 is 0. The molecule has 1 heterocycles. The molecule has 7 nitrogen and oxygen atoms in total. The average molecular weight is 384 g/mol. The SMILES string of the molecule is CCC1C(C(O)C(N)=O)c2c(OCC(=O)O)cccc2N1Cc1ccccc1. The van der Waals surface area contributed by atoms with Gasteiger partial charge in [0, 0.05) is 29.8 Å². The lowest BCUT2D eigenvalue weighted by Gasteiger charge is -2.31. The second-order valence-corrected chi connectivity index (χ2v) is 6.83. The summed E-state index contributed by atoms with van der Waals surface area (Å²) in [5, 5.41) is 19.6. The molecule has 4 N–H and O–H groups in total. The Labute approximate surface area is 163 Å². The van der Waals surface area contributed by atoms with Crippen molar-refractivity contribution < 1.29 is 24.5 Å². The quantitative estimate of drug-likeness (QED) is 0.640. The van der Waals surface area contributed by atoms with E-state index < -0.39 is 30.5 Å². The van der Waals surface area contributed by atoms with Crippen molar-refractivity contribution in [3.05, 3.63) is 59.7 Å². The van der Waals surface area contributed by atoms with E-state index in [1.807, 2.05) is 43.3 Å². The zero-order valence-electron chi connectivity index (χ0n) is 15.6. The van der Waals surface area contributed by atoms with Crippen LogP contribution in [0.2, 0.25) is 0 Å². The molecule has 2 aromatic rings. The minimum absolute atomic E-state index is 0.188. The topological polar surface area (TPSA) is 113 Å². The molecule has 28 heavy (non-hydrogen) atoms. The molecule has 1 aliphatic heterocycles. The lowest BCUT2D eigenvalue weighted by atomic mass is 9.87. The molecule has 2 aromatic carbocycles. The molecule has 0 radical (unpaired) electrons. The molecule has 148 valence electrons. The molecule has 1 amide bonds. The van der Waals surface area contributed by atoms with Crippen molar-refractivity contribution in [2.24, 2.45) is 5.73 Å². The van der Waals surface area contributed by atoms with Gasteiger partial charge in [0.1, 0.15) is 11.9 Å². The first-order valence-electron chi connectivity index (χ1n) is 9.19. The van der Waals surface area contributed by atoms with Gasteiger partial charge in [-0.25, -0.2) is 4.79 Å². The highest BCUT2D eigenvalue weighted by atomic mass is 16.5. The van der Waals surface area contributed by atoms with Crippen molar-refractivity contribution in [3.63, 3.8) is 0 Å². The van der Waals surface area contributed by atoms with E-state index in [-0.39, 0.29) is 6.04 Å². The summed E-state index contributed by atoms with van der Waals surface area (Å²) in [5.74, 6) is -2.18. The second-order valence-electron chi connectivity index (χ2n) is 6.83. The highest BCUT2D eigenvalue weighted by Gasteiger charge is 2.45. The monoisotopic (exact) mass is 384 g/mol. The van der Waals surface area contributed by atoms with E-state index in [1.54, 1.807) is 12.1 Å². The number of carboxylic acids is 1. The average Bonchev–Trinajstić information content (AvgIpc) is 3.00. The molecule has 0 fully saturated rings. The molecule has 0 bridgehead atoms. The van der Waals surface area contributed by atoms with Gasteiger partial charge in [0.25, 0.3) is 0 Å². The third-order valence-electron chi connectivity index (χ3n) is 5.10. The second kappa shape index (κ2) is 8.31. The fourth-order valence-electron chi connectivity index (χ4n) is 3.95. The number of nitrogens with two attached hydrogens (primary N) is 1. The Bertz CT molecular complexity index is 855. The van der Waals surface area contributed by atoms with Gasteiger partial charge in [-0.05, 0) is 24.1 Å². The summed E-state index contributed by atoms with van der Waals surface area (Å²) in [7, 11) is 0. The number of nitrogens with zero attached hydrogens (tertiary/aromatic N) is 1. The Kier molecular flexibility index (Phi) is 5.84. The van der Waals surface area contributed by atoms with Crippen LogP contribution in [0.25, 0.3) is 0 Å². The van der Waals surface area contributed by atoms with Crippen molar-refractivity contribution in [1.82, 2.24) is 0 Å². The molecule has 0 saturated carbocycles. The number of carbonyl (C=O) groups excluding carboxylic acids is 1. The summed E-state index contributed by atoms with van der Waals surface area (Å²) in [6.07, 6.45) is -0.742. The first-order valence-corrected chi connectivity index (χ1v) is 9.19. The van der Waals surface area contributed by atoms with Crippen LogP contribution in [0, 0.1) is 0 Å². The molecule has 0 aliphatic carbocycles. The Morgan fingerprint density at radius 3 is 2.50 bits per heavy atom. The fourth-order valence-corrected chi connectivity index (χ4v) is 3.95. The molecule has 0 saturated heterocycles. The molecule has 0 aromatic heterocycles. The van der Waals surface area contributed by atoms with Gasteiger partial charge in [-0.15, -0.1) is 0 Å². The Balaban J connectivity index is 2.07. The van der Waals surface area contributed by atoms with Crippen molar-refractivity contribution >= 4 is 17.6 Å². The van der Waals surface area contributed by atoms with Crippen LogP contribution in [0.5, 0.6) is 5.75 Å². The Morgan fingerprint density at radius 1 is 1.18 bits per heavy atom. The highest BCUT2D eigenvalue weighted by Crippen LogP contribution is 2.49. The lowest BCUT2D eigenvalue weighted by molar-refractivity contribution is -0.139. The number of hydrogen-bond acceptors (Lipinski definition) is 5. The van der Waals surface area contributed by atoms with Gasteiger partial charge in [0.2, 0.25) is 5.91 Å². The predicted molar refractivity (Wildman–Crippen MR) is 104 cm³/mol. The number of primary amides is 1. The van der Waals surface area contributed by atoms with Gasteiger partial charge < -0.3 is 25.6 Å². The van der Waals surface area contributed by atoms with Gasteiger partial charge >= 0.3 is 5.97 Å². The molecule has 3 unspecified atom stereocenters. The van der Waals surface area contributed by atoms with Crippen molar-refractivity contribution in [2.45, 2.75) is 38.0 Å². The van der Waals surface area contributed by atoms with Crippen LogP contribution in [0.15, 0.2) is 48.5 Å². The molecule has 3 atom stereocenters. The van der Waals surface area contributed by atoms with Crippen LogP contribution in [0.4, 0.5) is 5.69 Å². The standard InChI is InChI=1S/C21H24N2O5/c1-2-14-19(20(26)21(22)27)18-15(9-6-10-16(18)28-12-17(24)25)23(14)11-13-7-4-3-5-8-13/h3-10,14,19-20,26H,2,11-12H2,1H3,(H2,22,27)(H,24,25). The summed E-state index contributed by atoms with van der Waals surface area (Å²) in [5.41, 5.74) is 7.93.